The molecular formula is C18H30N2O2. The molecule has 0 N–H and O–H groups in total. The van der Waals surface area contributed by atoms with E-state index < -0.39 is 0 Å². The van der Waals surface area contributed by atoms with Crippen LogP contribution in [0.1, 0.15) is 18.9 Å². The van der Waals surface area contributed by atoms with Gasteiger partial charge in [0.05, 0.1) is 13.2 Å². The third-order valence-electron chi connectivity index (χ3n) is 4.31. The molecule has 0 amide bonds. The van der Waals surface area contributed by atoms with Crippen LogP contribution in [0.5, 0.6) is 0 Å². The molecule has 1 saturated heterocycles. The molecule has 1 fully saturated rings. The smallest absolute Gasteiger partial charge is 0.0716 e. The Hall–Kier alpha value is -0.940. The highest BCUT2D eigenvalue weighted by atomic mass is 16.5. The first kappa shape index (κ1) is 17.4. The van der Waals surface area contributed by atoms with Gasteiger partial charge in [0.1, 0.15) is 0 Å². The van der Waals surface area contributed by atoms with Crippen LogP contribution in [0.25, 0.3) is 0 Å². The van der Waals surface area contributed by atoms with E-state index >= 15 is 0 Å². The largest absolute Gasteiger partial charge is 0.383 e. The van der Waals surface area contributed by atoms with Crippen molar-refractivity contribution in [3.05, 3.63) is 35.9 Å². The minimum atomic E-state index is 0.529. The van der Waals surface area contributed by atoms with Gasteiger partial charge in [-0.15, -0.1) is 0 Å². The van der Waals surface area contributed by atoms with Gasteiger partial charge in [0, 0.05) is 52.5 Å². The third-order valence-corrected chi connectivity index (χ3v) is 4.31. The second-order valence-corrected chi connectivity index (χ2v) is 6.07. The number of piperazine rings is 1. The summed E-state index contributed by atoms with van der Waals surface area (Å²) in [5.74, 6) is 0. The van der Waals surface area contributed by atoms with Gasteiger partial charge in [0.2, 0.25) is 0 Å². The van der Waals surface area contributed by atoms with Crippen molar-refractivity contribution in [2.75, 3.05) is 53.0 Å². The minimum Gasteiger partial charge on any atom is -0.383 e. The number of hydrogen-bond donors (Lipinski definition) is 0. The standard InChI is InChI=1S/C18H30N2O2/c1-17(15-21-2)20-12-10-19(11-13-20)9-6-14-22-16-18-7-4-3-5-8-18/h3-5,7-8,17H,6,9-16H2,1-2H3. The fourth-order valence-corrected chi connectivity index (χ4v) is 2.93. The molecule has 0 bridgehead atoms. The van der Waals surface area contributed by atoms with Gasteiger partial charge in [-0.05, 0) is 18.9 Å². The molecule has 4 nitrogen and oxygen atoms in total. The minimum absolute atomic E-state index is 0.529. The molecule has 0 aromatic heterocycles. The Morgan fingerprint density at radius 2 is 1.82 bits per heavy atom. The van der Waals surface area contributed by atoms with Gasteiger partial charge in [-0.25, -0.2) is 0 Å². The van der Waals surface area contributed by atoms with Crippen LogP contribution in [-0.2, 0) is 16.1 Å². The molecule has 22 heavy (non-hydrogen) atoms. The Balaban J connectivity index is 1.52. The predicted octanol–water partition coefficient (Wildman–Crippen LogP) is 2.25. The van der Waals surface area contributed by atoms with Crippen molar-refractivity contribution in [2.45, 2.75) is 26.0 Å². The fraction of sp³-hybridized carbons (Fsp3) is 0.667. The molecule has 1 heterocycles. The van der Waals surface area contributed by atoms with Gasteiger partial charge in [-0.1, -0.05) is 30.3 Å². The van der Waals surface area contributed by atoms with Crippen LogP contribution in [0.2, 0.25) is 0 Å². The normalized spacial score (nSPS) is 18.5. The third kappa shape index (κ3) is 6.05. The zero-order valence-corrected chi connectivity index (χ0v) is 14.0. The van der Waals surface area contributed by atoms with Crippen molar-refractivity contribution in [3.63, 3.8) is 0 Å². The van der Waals surface area contributed by atoms with Gasteiger partial charge in [-0.3, -0.25) is 4.90 Å². The first-order valence-electron chi connectivity index (χ1n) is 8.36. The maximum atomic E-state index is 5.75. The van der Waals surface area contributed by atoms with Crippen LogP contribution in [0.4, 0.5) is 0 Å². The van der Waals surface area contributed by atoms with Crippen LogP contribution < -0.4 is 0 Å². The molecule has 1 aromatic carbocycles. The van der Waals surface area contributed by atoms with Crippen molar-refractivity contribution in [3.8, 4) is 0 Å². The molecular weight excluding hydrogens is 276 g/mol. The summed E-state index contributed by atoms with van der Waals surface area (Å²) in [6, 6.07) is 10.9. The van der Waals surface area contributed by atoms with E-state index in [0.29, 0.717) is 6.04 Å². The average Bonchev–Trinajstić information content (AvgIpc) is 2.56. The number of benzene rings is 1. The molecule has 1 aliphatic rings. The molecule has 2 rings (SSSR count). The summed E-state index contributed by atoms with van der Waals surface area (Å²) in [6.45, 7) is 10.4. The van der Waals surface area contributed by atoms with E-state index in [9.17, 15) is 0 Å². The fourth-order valence-electron chi connectivity index (χ4n) is 2.93. The van der Waals surface area contributed by atoms with Crippen LogP contribution in [0.15, 0.2) is 30.3 Å². The van der Waals surface area contributed by atoms with Crippen molar-refractivity contribution >= 4 is 0 Å². The topological polar surface area (TPSA) is 24.9 Å². The number of nitrogens with zero attached hydrogens (tertiary/aromatic N) is 2. The zero-order valence-electron chi connectivity index (χ0n) is 14.0. The summed E-state index contributed by atoms with van der Waals surface area (Å²) in [5.41, 5.74) is 1.25. The van der Waals surface area contributed by atoms with Gasteiger partial charge in [-0.2, -0.15) is 0 Å². The summed E-state index contributed by atoms with van der Waals surface area (Å²) in [5, 5.41) is 0. The van der Waals surface area contributed by atoms with E-state index in [1.165, 1.54) is 5.56 Å². The quantitative estimate of drug-likeness (QED) is 0.653. The van der Waals surface area contributed by atoms with E-state index in [1.807, 2.05) is 6.07 Å². The van der Waals surface area contributed by atoms with Crippen LogP contribution in [-0.4, -0.2) is 68.9 Å². The summed E-state index contributed by atoms with van der Waals surface area (Å²) in [6.07, 6.45) is 1.11. The van der Waals surface area contributed by atoms with Crippen molar-refractivity contribution in [1.82, 2.24) is 9.80 Å². The monoisotopic (exact) mass is 306 g/mol. The molecule has 124 valence electrons. The van der Waals surface area contributed by atoms with Crippen molar-refractivity contribution < 1.29 is 9.47 Å². The number of methoxy groups -OCH3 is 1. The second-order valence-electron chi connectivity index (χ2n) is 6.07. The highest BCUT2D eigenvalue weighted by Gasteiger charge is 2.20. The van der Waals surface area contributed by atoms with E-state index in [-0.39, 0.29) is 0 Å². The number of ether oxygens (including phenoxy) is 2. The molecule has 1 unspecified atom stereocenters. The number of hydrogen-bond acceptors (Lipinski definition) is 4. The van der Waals surface area contributed by atoms with Crippen LogP contribution >= 0.6 is 0 Å². The Kier molecular flexibility index (Phi) is 7.88. The Labute approximate surface area is 135 Å². The maximum absolute atomic E-state index is 5.75. The lowest BCUT2D eigenvalue weighted by atomic mass is 10.2. The molecule has 0 aliphatic carbocycles. The highest BCUT2D eigenvalue weighted by Crippen LogP contribution is 2.07. The molecule has 0 radical (unpaired) electrons. The van der Waals surface area contributed by atoms with Gasteiger partial charge >= 0.3 is 0 Å². The predicted molar refractivity (Wildman–Crippen MR) is 90.1 cm³/mol. The van der Waals surface area contributed by atoms with E-state index in [2.05, 4.69) is 41.0 Å². The Morgan fingerprint density at radius 1 is 1.09 bits per heavy atom. The Bertz CT molecular complexity index is 391. The lowest BCUT2D eigenvalue weighted by molar-refractivity contribution is 0.0511. The lowest BCUT2D eigenvalue weighted by Crippen LogP contribution is -2.50. The maximum Gasteiger partial charge on any atom is 0.0716 e. The van der Waals surface area contributed by atoms with Gasteiger partial charge < -0.3 is 14.4 Å². The molecule has 1 atom stereocenters. The lowest BCUT2D eigenvalue weighted by Gasteiger charge is -2.37. The highest BCUT2D eigenvalue weighted by molar-refractivity contribution is 5.13. The van der Waals surface area contributed by atoms with E-state index in [1.54, 1.807) is 7.11 Å². The van der Waals surface area contributed by atoms with E-state index in [0.717, 1.165) is 59.0 Å². The summed E-state index contributed by atoms with van der Waals surface area (Å²) >= 11 is 0. The summed E-state index contributed by atoms with van der Waals surface area (Å²) < 4.78 is 11.0. The summed E-state index contributed by atoms with van der Waals surface area (Å²) in [7, 11) is 1.78. The van der Waals surface area contributed by atoms with Crippen LogP contribution in [0, 0.1) is 0 Å². The molecule has 1 aromatic rings. The first-order valence-corrected chi connectivity index (χ1v) is 8.36. The van der Waals surface area contributed by atoms with Crippen molar-refractivity contribution in [2.24, 2.45) is 0 Å². The van der Waals surface area contributed by atoms with Gasteiger partial charge in [0.25, 0.3) is 0 Å². The second kappa shape index (κ2) is 9.95. The average molecular weight is 306 g/mol. The number of rotatable bonds is 9. The molecule has 4 heteroatoms. The van der Waals surface area contributed by atoms with E-state index in [4.69, 9.17) is 9.47 Å². The zero-order chi connectivity index (χ0) is 15.6. The first-order chi connectivity index (χ1) is 10.8. The molecule has 0 saturated carbocycles. The van der Waals surface area contributed by atoms with Crippen molar-refractivity contribution in [1.29, 1.82) is 0 Å². The molecule has 0 spiro atoms. The Morgan fingerprint density at radius 3 is 2.50 bits per heavy atom. The SMILES string of the molecule is COCC(C)N1CCN(CCCOCc2ccccc2)CC1. The van der Waals surface area contributed by atoms with Crippen LogP contribution in [0.3, 0.4) is 0 Å². The summed E-state index contributed by atoms with van der Waals surface area (Å²) in [4.78, 5) is 5.06. The van der Waals surface area contributed by atoms with Gasteiger partial charge in [0.15, 0.2) is 0 Å². The molecule has 1 aliphatic heterocycles.